The van der Waals surface area contributed by atoms with Crippen LogP contribution in [0.1, 0.15) is 42.4 Å². The molecule has 0 aliphatic carbocycles. The maximum atomic E-state index is 6.20. The summed E-state index contributed by atoms with van der Waals surface area (Å²) in [4.78, 5) is 4.53. The molecule has 3 unspecified atom stereocenters. The van der Waals surface area contributed by atoms with Crippen molar-refractivity contribution in [2.45, 2.75) is 35.6 Å². The number of aromatic nitrogens is 2. The van der Waals surface area contributed by atoms with Crippen molar-refractivity contribution in [1.29, 1.82) is 0 Å². The minimum Gasteiger partial charge on any atom is -0.337 e. The van der Waals surface area contributed by atoms with Gasteiger partial charge in [0.2, 0.25) is 5.89 Å². The normalized spacial score (nSPS) is 27.5. The summed E-state index contributed by atoms with van der Waals surface area (Å²) in [5.74, 6) is 2.29. The van der Waals surface area contributed by atoms with Crippen molar-refractivity contribution in [1.82, 2.24) is 10.1 Å². The summed E-state index contributed by atoms with van der Waals surface area (Å²) in [6.45, 7) is 4.52. The predicted molar refractivity (Wildman–Crippen MR) is 88.5 cm³/mol. The second-order valence-corrected chi connectivity index (χ2v) is 8.24. The molecule has 4 atom stereocenters. The van der Waals surface area contributed by atoms with Crippen LogP contribution in [0.2, 0.25) is 0 Å². The van der Waals surface area contributed by atoms with Gasteiger partial charge in [-0.3, -0.25) is 0 Å². The highest BCUT2D eigenvalue weighted by molar-refractivity contribution is 8.07. The van der Waals surface area contributed by atoms with E-state index < -0.39 is 0 Å². The van der Waals surface area contributed by atoms with Gasteiger partial charge in [-0.15, -0.1) is 11.8 Å². The SMILES string of the molecule is CC1SCC(c2noc([C@@H](N)c3ccccc3)n2)SC1C. The first-order valence-corrected chi connectivity index (χ1v) is 9.05. The Kier molecular flexibility index (Phi) is 4.57. The monoisotopic (exact) mass is 321 g/mol. The Morgan fingerprint density at radius 1 is 1.24 bits per heavy atom. The number of nitrogens with two attached hydrogens (primary N) is 1. The lowest BCUT2D eigenvalue weighted by Crippen LogP contribution is -2.22. The molecule has 21 heavy (non-hydrogen) atoms. The van der Waals surface area contributed by atoms with E-state index in [1.165, 1.54) is 0 Å². The van der Waals surface area contributed by atoms with Crippen molar-refractivity contribution in [3.63, 3.8) is 0 Å². The summed E-state index contributed by atoms with van der Waals surface area (Å²) in [5.41, 5.74) is 7.19. The van der Waals surface area contributed by atoms with E-state index in [2.05, 4.69) is 24.0 Å². The summed E-state index contributed by atoms with van der Waals surface area (Å²) < 4.78 is 5.39. The minimum atomic E-state index is -0.356. The lowest BCUT2D eigenvalue weighted by atomic mass is 10.1. The smallest absolute Gasteiger partial charge is 0.248 e. The molecule has 2 N–H and O–H groups in total. The van der Waals surface area contributed by atoms with Crippen molar-refractivity contribution in [2.24, 2.45) is 5.73 Å². The fraction of sp³-hybridized carbons (Fsp3) is 0.467. The number of hydrogen-bond donors (Lipinski definition) is 1. The number of hydrogen-bond acceptors (Lipinski definition) is 6. The van der Waals surface area contributed by atoms with Gasteiger partial charge in [0.15, 0.2) is 5.82 Å². The molecule has 1 aromatic carbocycles. The Morgan fingerprint density at radius 3 is 2.71 bits per heavy atom. The fourth-order valence-electron chi connectivity index (χ4n) is 2.23. The highest BCUT2D eigenvalue weighted by Gasteiger charge is 2.30. The van der Waals surface area contributed by atoms with Crippen molar-refractivity contribution >= 4 is 23.5 Å². The topological polar surface area (TPSA) is 64.9 Å². The number of rotatable bonds is 3. The molecule has 6 heteroatoms. The summed E-state index contributed by atoms with van der Waals surface area (Å²) in [6, 6.07) is 9.48. The minimum absolute atomic E-state index is 0.293. The zero-order chi connectivity index (χ0) is 14.8. The van der Waals surface area contributed by atoms with Gasteiger partial charge in [0.1, 0.15) is 6.04 Å². The average Bonchev–Trinajstić information content (AvgIpc) is 3.00. The van der Waals surface area contributed by atoms with E-state index in [1.54, 1.807) is 0 Å². The van der Waals surface area contributed by atoms with Gasteiger partial charge in [-0.1, -0.05) is 49.3 Å². The fourth-order valence-corrected chi connectivity index (χ4v) is 5.06. The van der Waals surface area contributed by atoms with E-state index in [1.807, 2.05) is 53.9 Å². The molecule has 1 aromatic heterocycles. The molecule has 0 bridgehead atoms. The van der Waals surface area contributed by atoms with E-state index >= 15 is 0 Å². The van der Waals surface area contributed by atoms with Crippen molar-refractivity contribution in [2.75, 3.05) is 5.75 Å². The molecule has 1 aliphatic heterocycles. The third-order valence-electron chi connectivity index (χ3n) is 3.72. The lowest BCUT2D eigenvalue weighted by Gasteiger charge is -2.29. The second kappa shape index (κ2) is 6.42. The maximum absolute atomic E-state index is 6.20. The highest BCUT2D eigenvalue weighted by Crippen LogP contribution is 2.43. The molecular weight excluding hydrogens is 302 g/mol. The van der Waals surface area contributed by atoms with Gasteiger partial charge in [0.25, 0.3) is 0 Å². The number of thioether (sulfide) groups is 2. The van der Waals surface area contributed by atoms with Gasteiger partial charge in [-0.25, -0.2) is 0 Å². The van der Waals surface area contributed by atoms with Gasteiger partial charge in [-0.2, -0.15) is 16.7 Å². The third-order valence-corrected chi connectivity index (χ3v) is 7.11. The summed E-state index contributed by atoms with van der Waals surface area (Å²) >= 11 is 3.89. The van der Waals surface area contributed by atoms with Crippen molar-refractivity contribution in [3.8, 4) is 0 Å². The predicted octanol–water partition coefficient (Wildman–Crippen LogP) is 3.42. The van der Waals surface area contributed by atoms with E-state index in [9.17, 15) is 0 Å². The molecule has 0 spiro atoms. The Morgan fingerprint density at radius 2 is 2.00 bits per heavy atom. The van der Waals surface area contributed by atoms with Gasteiger partial charge < -0.3 is 10.3 Å². The molecule has 1 aliphatic rings. The van der Waals surface area contributed by atoms with E-state index in [0.29, 0.717) is 21.6 Å². The van der Waals surface area contributed by atoms with E-state index in [4.69, 9.17) is 10.3 Å². The zero-order valence-electron chi connectivity index (χ0n) is 12.1. The van der Waals surface area contributed by atoms with Gasteiger partial charge >= 0.3 is 0 Å². The molecule has 2 aromatic rings. The van der Waals surface area contributed by atoms with Gasteiger partial charge in [0.05, 0.1) is 5.25 Å². The van der Waals surface area contributed by atoms with Crippen LogP contribution in [0.15, 0.2) is 34.9 Å². The molecule has 4 nitrogen and oxygen atoms in total. The lowest BCUT2D eigenvalue weighted by molar-refractivity contribution is 0.362. The number of nitrogens with zero attached hydrogens (tertiary/aromatic N) is 2. The van der Waals surface area contributed by atoms with Crippen LogP contribution < -0.4 is 5.73 Å². The van der Waals surface area contributed by atoms with Crippen LogP contribution in [0.4, 0.5) is 0 Å². The third kappa shape index (κ3) is 3.27. The quantitative estimate of drug-likeness (QED) is 0.934. The summed E-state index contributed by atoms with van der Waals surface area (Å²) in [6.07, 6.45) is 0. The van der Waals surface area contributed by atoms with E-state index in [0.717, 1.165) is 17.1 Å². The Balaban J connectivity index is 1.75. The molecule has 0 amide bonds. The Labute approximate surface area is 133 Å². The maximum Gasteiger partial charge on any atom is 0.248 e. The average molecular weight is 321 g/mol. The molecule has 3 rings (SSSR count). The van der Waals surface area contributed by atoms with Crippen LogP contribution in [0.5, 0.6) is 0 Å². The molecule has 0 radical (unpaired) electrons. The summed E-state index contributed by atoms with van der Waals surface area (Å²) in [5, 5.41) is 5.71. The largest absolute Gasteiger partial charge is 0.337 e. The zero-order valence-corrected chi connectivity index (χ0v) is 13.7. The number of benzene rings is 1. The Bertz CT molecular complexity index is 590. The second-order valence-electron chi connectivity index (χ2n) is 5.25. The molecule has 1 fully saturated rings. The van der Waals surface area contributed by atoms with Crippen LogP contribution >= 0.6 is 23.5 Å². The van der Waals surface area contributed by atoms with Crippen LogP contribution in [0.3, 0.4) is 0 Å². The molecule has 2 heterocycles. The van der Waals surface area contributed by atoms with Crippen LogP contribution in [0, 0.1) is 0 Å². The molecule has 112 valence electrons. The first-order valence-electron chi connectivity index (χ1n) is 7.06. The van der Waals surface area contributed by atoms with Gasteiger partial charge in [0, 0.05) is 16.3 Å². The molecule has 1 saturated heterocycles. The van der Waals surface area contributed by atoms with Crippen LogP contribution in [0.25, 0.3) is 0 Å². The highest BCUT2D eigenvalue weighted by atomic mass is 32.2. The molecular formula is C15H19N3OS2. The van der Waals surface area contributed by atoms with Crippen molar-refractivity contribution in [3.05, 3.63) is 47.6 Å². The van der Waals surface area contributed by atoms with E-state index in [-0.39, 0.29) is 6.04 Å². The Hall–Kier alpha value is -0.980. The van der Waals surface area contributed by atoms with Gasteiger partial charge in [-0.05, 0) is 5.56 Å². The first-order chi connectivity index (χ1) is 10.1. The standard InChI is InChI=1S/C15H19N3OS2/c1-9-10(2)21-12(8-20-9)14-17-15(19-18-14)13(16)11-6-4-3-5-7-11/h3-7,9-10,12-13H,8,16H2,1-2H3/t9?,10?,12?,13-/m0/s1. The van der Waals surface area contributed by atoms with Crippen molar-refractivity contribution < 1.29 is 4.52 Å². The van der Waals surface area contributed by atoms with Crippen LogP contribution in [-0.4, -0.2) is 26.4 Å². The van der Waals surface area contributed by atoms with Crippen LogP contribution in [-0.2, 0) is 0 Å². The first kappa shape index (κ1) is 14.9. The molecule has 0 saturated carbocycles. The summed E-state index contributed by atoms with van der Waals surface area (Å²) in [7, 11) is 0.